The molecule has 0 aliphatic rings. The summed E-state index contributed by atoms with van der Waals surface area (Å²) < 4.78 is 30.6. The molecule has 0 amide bonds. The number of alkyl halides is 2. The summed E-state index contributed by atoms with van der Waals surface area (Å²) >= 11 is 6.03. The molecule has 5 nitrogen and oxygen atoms in total. The van der Waals surface area contributed by atoms with E-state index < -0.39 is 6.61 Å². The number of rotatable bonds is 5. The number of hydrogen-bond acceptors (Lipinski definition) is 4. The predicted molar refractivity (Wildman–Crippen MR) is 106 cm³/mol. The second-order valence-electron chi connectivity index (χ2n) is 6.23. The molecule has 4 rings (SSSR count). The third-order valence-corrected chi connectivity index (χ3v) is 4.51. The molecule has 146 valence electrons. The molecule has 4 aromatic rings. The zero-order valence-electron chi connectivity index (χ0n) is 14.9. The molecule has 0 bridgehead atoms. The van der Waals surface area contributed by atoms with Crippen molar-refractivity contribution >= 4 is 22.6 Å². The van der Waals surface area contributed by atoms with E-state index in [4.69, 9.17) is 11.6 Å². The fourth-order valence-corrected chi connectivity index (χ4v) is 3.17. The van der Waals surface area contributed by atoms with Gasteiger partial charge in [-0.25, -0.2) is 9.67 Å². The lowest BCUT2D eigenvalue weighted by Crippen LogP contribution is -2.25. The molecule has 8 heteroatoms. The second-order valence-corrected chi connectivity index (χ2v) is 6.62. The lowest BCUT2D eigenvalue weighted by Gasteiger charge is -2.12. The van der Waals surface area contributed by atoms with Gasteiger partial charge in [0.25, 0.3) is 5.56 Å². The first-order valence-corrected chi connectivity index (χ1v) is 9.05. The Labute approximate surface area is 169 Å². The number of benzene rings is 2. The Bertz CT molecular complexity index is 1210. The summed E-state index contributed by atoms with van der Waals surface area (Å²) in [5, 5.41) is 4.63. The van der Waals surface area contributed by atoms with Gasteiger partial charge in [-0.05, 0) is 35.4 Å². The highest BCUT2D eigenvalue weighted by Crippen LogP contribution is 2.26. The third-order valence-electron chi connectivity index (χ3n) is 4.30. The van der Waals surface area contributed by atoms with Gasteiger partial charge in [0.2, 0.25) is 0 Å². The van der Waals surface area contributed by atoms with Crippen LogP contribution in [0, 0.1) is 0 Å². The Morgan fingerprint density at radius 2 is 1.72 bits per heavy atom. The Balaban J connectivity index is 1.87. The first-order valence-electron chi connectivity index (χ1n) is 8.68. The van der Waals surface area contributed by atoms with Gasteiger partial charge in [-0.15, -0.1) is 0 Å². The highest BCUT2D eigenvalue weighted by molar-refractivity contribution is 6.29. The van der Waals surface area contributed by atoms with Gasteiger partial charge in [-0.1, -0.05) is 54.1 Å². The van der Waals surface area contributed by atoms with Crippen LogP contribution in [-0.4, -0.2) is 21.4 Å². The second kappa shape index (κ2) is 7.97. The van der Waals surface area contributed by atoms with Crippen LogP contribution in [0.3, 0.4) is 0 Å². The monoisotopic (exact) mass is 413 g/mol. The minimum absolute atomic E-state index is 0.00212. The zero-order valence-corrected chi connectivity index (χ0v) is 15.7. The van der Waals surface area contributed by atoms with Crippen molar-refractivity contribution in [2.24, 2.45) is 0 Å². The summed E-state index contributed by atoms with van der Waals surface area (Å²) in [6, 6.07) is 18.5. The van der Waals surface area contributed by atoms with Crippen LogP contribution in [0.1, 0.15) is 5.56 Å². The van der Waals surface area contributed by atoms with Gasteiger partial charge >= 0.3 is 6.61 Å². The average molecular weight is 414 g/mol. The largest absolute Gasteiger partial charge is 0.435 e. The first-order chi connectivity index (χ1) is 14.0. The molecule has 29 heavy (non-hydrogen) atoms. The van der Waals surface area contributed by atoms with Gasteiger partial charge in [0.1, 0.15) is 21.9 Å². The van der Waals surface area contributed by atoms with E-state index >= 15 is 0 Å². The van der Waals surface area contributed by atoms with Crippen LogP contribution < -0.4 is 10.3 Å². The quantitative estimate of drug-likeness (QED) is 0.442. The number of ether oxygens (including phenoxy) is 1. The Morgan fingerprint density at radius 1 is 1.00 bits per heavy atom. The number of hydrogen-bond donors (Lipinski definition) is 0. The standard InChI is InChI=1S/C21H14ClF2N3O2/c22-17-11-10-16-19(25-17)18(14-6-8-15(9-7-14)29-21(23)24)20(28)27(26-16)12-13-4-2-1-3-5-13/h1-11,21H,12H2. The van der Waals surface area contributed by atoms with Crippen LogP contribution in [0.15, 0.2) is 71.5 Å². The predicted octanol–water partition coefficient (Wildman–Crippen LogP) is 4.76. The molecule has 0 saturated carbocycles. The fourth-order valence-electron chi connectivity index (χ4n) is 3.03. The highest BCUT2D eigenvalue weighted by Gasteiger charge is 2.16. The lowest BCUT2D eigenvalue weighted by molar-refractivity contribution is -0.0498. The Morgan fingerprint density at radius 3 is 2.41 bits per heavy atom. The van der Waals surface area contributed by atoms with Crippen molar-refractivity contribution in [3.8, 4) is 16.9 Å². The maximum absolute atomic E-state index is 13.2. The van der Waals surface area contributed by atoms with Gasteiger partial charge in [-0.2, -0.15) is 13.9 Å². The molecule has 0 saturated heterocycles. The van der Waals surface area contributed by atoms with Gasteiger partial charge in [0.05, 0.1) is 12.1 Å². The van der Waals surface area contributed by atoms with Crippen molar-refractivity contribution < 1.29 is 13.5 Å². The van der Waals surface area contributed by atoms with Gasteiger partial charge in [0, 0.05) is 0 Å². The number of fused-ring (bicyclic) bond motifs is 1. The zero-order chi connectivity index (χ0) is 20.4. The van der Waals surface area contributed by atoms with Crippen molar-refractivity contribution in [3.63, 3.8) is 0 Å². The summed E-state index contributed by atoms with van der Waals surface area (Å²) in [6.07, 6.45) is 0. The molecule has 2 aromatic carbocycles. The van der Waals surface area contributed by atoms with Gasteiger partial charge < -0.3 is 4.74 Å². The van der Waals surface area contributed by atoms with Crippen LogP contribution in [-0.2, 0) is 6.54 Å². The summed E-state index contributed by atoms with van der Waals surface area (Å²) in [5.74, 6) is -0.00212. The Kier molecular flexibility index (Phi) is 5.22. The molecular weight excluding hydrogens is 400 g/mol. The van der Waals surface area contributed by atoms with E-state index in [-0.39, 0.29) is 28.6 Å². The molecule has 0 unspecified atom stereocenters. The molecule has 0 aliphatic carbocycles. The molecular formula is C21H14ClF2N3O2. The molecule has 0 N–H and O–H groups in total. The van der Waals surface area contributed by atoms with Crippen molar-refractivity contribution in [1.82, 2.24) is 14.8 Å². The fraction of sp³-hybridized carbons (Fsp3) is 0.0952. The van der Waals surface area contributed by atoms with Crippen LogP contribution >= 0.6 is 11.6 Å². The number of pyridine rings is 1. The van der Waals surface area contributed by atoms with E-state index in [2.05, 4.69) is 14.8 Å². The number of aromatic nitrogens is 3. The minimum atomic E-state index is -2.92. The van der Waals surface area contributed by atoms with E-state index in [1.54, 1.807) is 12.1 Å². The molecule has 2 aromatic heterocycles. The van der Waals surface area contributed by atoms with E-state index in [1.807, 2.05) is 30.3 Å². The third kappa shape index (κ3) is 4.09. The maximum Gasteiger partial charge on any atom is 0.387 e. The summed E-state index contributed by atoms with van der Waals surface area (Å²) in [6.45, 7) is -2.65. The molecule has 0 atom stereocenters. The van der Waals surface area contributed by atoms with E-state index in [0.717, 1.165) is 5.56 Å². The van der Waals surface area contributed by atoms with E-state index in [9.17, 15) is 13.6 Å². The SMILES string of the molecule is O=c1c(-c2ccc(OC(F)F)cc2)c2nc(Cl)ccc2nn1Cc1ccccc1. The molecule has 0 aliphatic heterocycles. The number of halogens is 3. The van der Waals surface area contributed by atoms with Gasteiger partial charge in [-0.3, -0.25) is 4.79 Å². The molecule has 0 radical (unpaired) electrons. The van der Waals surface area contributed by atoms with Gasteiger partial charge in [0.15, 0.2) is 0 Å². The topological polar surface area (TPSA) is 57.0 Å². The molecule has 0 fully saturated rings. The summed E-state index contributed by atoms with van der Waals surface area (Å²) in [7, 11) is 0. The Hall–Kier alpha value is -3.32. The van der Waals surface area contributed by atoms with Crippen molar-refractivity contribution in [1.29, 1.82) is 0 Å². The van der Waals surface area contributed by atoms with E-state index in [1.165, 1.54) is 28.9 Å². The first kappa shape index (κ1) is 19.0. The number of nitrogens with zero attached hydrogens (tertiary/aromatic N) is 3. The summed E-state index contributed by atoms with van der Waals surface area (Å²) in [4.78, 5) is 17.5. The van der Waals surface area contributed by atoms with Crippen LogP contribution in [0.5, 0.6) is 5.75 Å². The van der Waals surface area contributed by atoms with Crippen LogP contribution in [0.4, 0.5) is 8.78 Å². The van der Waals surface area contributed by atoms with Crippen LogP contribution in [0.2, 0.25) is 5.15 Å². The van der Waals surface area contributed by atoms with Crippen molar-refractivity contribution in [2.45, 2.75) is 13.2 Å². The normalized spacial score (nSPS) is 11.2. The van der Waals surface area contributed by atoms with Crippen LogP contribution in [0.25, 0.3) is 22.2 Å². The molecule has 0 spiro atoms. The maximum atomic E-state index is 13.2. The molecule has 2 heterocycles. The van der Waals surface area contributed by atoms with Crippen molar-refractivity contribution in [2.75, 3.05) is 0 Å². The lowest BCUT2D eigenvalue weighted by atomic mass is 10.1. The smallest absolute Gasteiger partial charge is 0.387 e. The minimum Gasteiger partial charge on any atom is -0.435 e. The van der Waals surface area contributed by atoms with E-state index in [0.29, 0.717) is 16.6 Å². The average Bonchev–Trinajstić information content (AvgIpc) is 2.70. The highest BCUT2D eigenvalue weighted by atomic mass is 35.5. The van der Waals surface area contributed by atoms with Crippen molar-refractivity contribution in [3.05, 3.63) is 87.8 Å². The summed E-state index contributed by atoms with van der Waals surface area (Å²) in [5.41, 5.74) is 2.17.